The third kappa shape index (κ3) is 2.17. The molecule has 2 aromatic heterocycles. The summed E-state index contributed by atoms with van der Waals surface area (Å²) < 4.78 is 1.57. The largest absolute Gasteiger partial charge is 0.365 e. The summed E-state index contributed by atoms with van der Waals surface area (Å²) in [5.41, 5.74) is 8.14. The summed E-state index contributed by atoms with van der Waals surface area (Å²) in [4.78, 5) is 24.6. The van der Waals surface area contributed by atoms with E-state index in [-0.39, 0.29) is 5.78 Å². The van der Waals surface area contributed by atoms with Crippen LogP contribution in [0.3, 0.4) is 0 Å². The van der Waals surface area contributed by atoms with Crippen molar-refractivity contribution in [1.29, 1.82) is 0 Å². The van der Waals surface area contributed by atoms with Crippen molar-refractivity contribution >= 4 is 23.0 Å². The molecule has 0 saturated heterocycles. The summed E-state index contributed by atoms with van der Waals surface area (Å²) in [5.74, 6) is -0.579. The number of nitrogens with two attached hydrogens (primary N) is 1. The molecule has 1 aliphatic carbocycles. The first-order valence-corrected chi connectivity index (χ1v) is 7.70. The fraction of sp³-hybridized carbons (Fsp3) is 0.429. The predicted molar refractivity (Wildman–Crippen MR) is 79.1 cm³/mol. The first-order chi connectivity index (χ1) is 10.0. The maximum Gasteiger partial charge on any atom is 0.252 e. The van der Waals surface area contributed by atoms with Crippen LogP contribution in [0.25, 0.3) is 5.00 Å². The third-order valence-electron chi connectivity index (χ3n) is 3.82. The number of carbonyl (C=O) groups excluding carboxylic acids is 2. The normalized spacial score (nSPS) is 14.0. The van der Waals surface area contributed by atoms with Crippen LogP contribution in [0.15, 0.2) is 0 Å². The van der Waals surface area contributed by atoms with Gasteiger partial charge in [-0.15, -0.1) is 16.4 Å². The van der Waals surface area contributed by atoms with Crippen molar-refractivity contribution in [3.05, 3.63) is 27.4 Å². The van der Waals surface area contributed by atoms with Crippen LogP contribution in [-0.2, 0) is 12.8 Å². The second-order valence-electron chi connectivity index (χ2n) is 5.25. The molecule has 3 rings (SSSR count). The zero-order valence-corrected chi connectivity index (χ0v) is 12.8. The highest BCUT2D eigenvalue weighted by molar-refractivity contribution is 7.15. The number of ketones is 1. The van der Waals surface area contributed by atoms with Crippen molar-refractivity contribution in [3.8, 4) is 5.00 Å². The van der Waals surface area contributed by atoms with Crippen LogP contribution in [0, 0.1) is 6.92 Å². The van der Waals surface area contributed by atoms with E-state index in [1.54, 1.807) is 11.6 Å². The van der Waals surface area contributed by atoms with Gasteiger partial charge in [0.15, 0.2) is 11.5 Å². The number of fused-ring (bicyclic) bond motifs is 1. The zero-order chi connectivity index (χ0) is 15.1. The second-order valence-corrected chi connectivity index (χ2v) is 6.33. The average molecular weight is 304 g/mol. The molecule has 0 saturated carbocycles. The number of hydrogen-bond donors (Lipinski definition) is 1. The third-order valence-corrected chi connectivity index (χ3v) is 5.09. The van der Waals surface area contributed by atoms with Gasteiger partial charge in [0.05, 0.1) is 11.3 Å². The Morgan fingerprint density at radius 1 is 1.29 bits per heavy atom. The lowest BCUT2D eigenvalue weighted by Gasteiger charge is -2.11. The minimum Gasteiger partial charge on any atom is -0.365 e. The summed E-state index contributed by atoms with van der Waals surface area (Å²) in [6.07, 6.45) is 4.03. The smallest absolute Gasteiger partial charge is 0.252 e. The predicted octanol–water partition coefficient (Wildman–Crippen LogP) is 1.82. The highest BCUT2D eigenvalue weighted by Crippen LogP contribution is 2.36. The average Bonchev–Trinajstić information content (AvgIpc) is 2.98. The van der Waals surface area contributed by atoms with E-state index in [0.717, 1.165) is 31.2 Å². The van der Waals surface area contributed by atoms with E-state index in [4.69, 9.17) is 5.73 Å². The number of Topliss-reactive ketones (excluding diaryl/α,β-unsaturated/α-hetero) is 1. The van der Waals surface area contributed by atoms with E-state index in [2.05, 4.69) is 10.3 Å². The molecular weight excluding hydrogens is 288 g/mol. The van der Waals surface area contributed by atoms with Crippen molar-refractivity contribution in [2.75, 3.05) is 0 Å². The molecule has 2 aromatic rings. The van der Waals surface area contributed by atoms with Crippen LogP contribution in [-0.4, -0.2) is 26.7 Å². The minimum atomic E-state index is -0.441. The molecule has 110 valence electrons. The Kier molecular flexibility index (Phi) is 3.36. The lowest BCUT2D eigenvalue weighted by Crippen LogP contribution is -2.17. The number of rotatable bonds is 3. The fourth-order valence-corrected chi connectivity index (χ4v) is 4.19. The Bertz CT molecular complexity index is 744. The van der Waals surface area contributed by atoms with E-state index < -0.39 is 5.91 Å². The van der Waals surface area contributed by atoms with Gasteiger partial charge in [0.1, 0.15) is 5.00 Å². The van der Waals surface area contributed by atoms with E-state index in [9.17, 15) is 9.59 Å². The monoisotopic (exact) mass is 304 g/mol. The number of aromatic nitrogens is 3. The number of amides is 1. The van der Waals surface area contributed by atoms with Gasteiger partial charge in [-0.25, -0.2) is 4.68 Å². The zero-order valence-electron chi connectivity index (χ0n) is 12.0. The van der Waals surface area contributed by atoms with Crippen molar-refractivity contribution in [2.24, 2.45) is 5.73 Å². The molecule has 7 heteroatoms. The Balaban J connectivity index is 2.21. The summed E-state index contributed by atoms with van der Waals surface area (Å²) in [7, 11) is 0. The SMILES string of the molecule is CC(=O)c1nnn(-c2sc3c(c2C(N)=O)CCCC3)c1C. The molecule has 2 N–H and O–H groups in total. The van der Waals surface area contributed by atoms with E-state index >= 15 is 0 Å². The van der Waals surface area contributed by atoms with Gasteiger partial charge in [0.2, 0.25) is 0 Å². The van der Waals surface area contributed by atoms with Crippen molar-refractivity contribution in [2.45, 2.75) is 39.5 Å². The van der Waals surface area contributed by atoms with Crippen LogP contribution in [0.5, 0.6) is 0 Å². The molecule has 0 bridgehead atoms. The van der Waals surface area contributed by atoms with Crippen molar-refractivity contribution in [1.82, 2.24) is 15.0 Å². The quantitative estimate of drug-likeness (QED) is 0.876. The van der Waals surface area contributed by atoms with Gasteiger partial charge in [-0.2, -0.15) is 0 Å². The van der Waals surface area contributed by atoms with Gasteiger partial charge in [-0.05, 0) is 38.2 Å². The van der Waals surface area contributed by atoms with Crippen LogP contribution in [0.2, 0.25) is 0 Å². The molecule has 6 nitrogen and oxygen atoms in total. The van der Waals surface area contributed by atoms with Crippen LogP contribution < -0.4 is 5.73 Å². The number of hydrogen-bond acceptors (Lipinski definition) is 5. The number of aryl methyl sites for hydroxylation is 1. The minimum absolute atomic E-state index is 0.138. The molecule has 1 amide bonds. The lowest BCUT2D eigenvalue weighted by molar-refractivity contribution is 0.0994. The lowest BCUT2D eigenvalue weighted by atomic mass is 9.95. The molecule has 0 radical (unpaired) electrons. The van der Waals surface area contributed by atoms with E-state index in [1.165, 1.54) is 23.1 Å². The Hall–Kier alpha value is -2.02. The van der Waals surface area contributed by atoms with Gasteiger partial charge in [0.25, 0.3) is 5.91 Å². The van der Waals surface area contributed by atoms with Crippen LogP contribution in [0.1, 0.15) is 56.7 Å². The molecule has 0 fully saturated rings. The number of primary amides is 1. The highest BCUT2D eigenvalue weighted by atomic mass is 32.1. The molecule has 1 aliphatic rings. The van der Waals surface area contributed by atoms with Gasteiger partial charge in [-0.3, -0.25) is 9.59 Å². The van der Waals surface area contributed by atoms with Gasteiger partial charge < -0.3 is 5.73 Å². The summed E-state index contributed by atoms with van der Waals surface area (Å²) >= 11 is 1.53. The van der Waals surface area contributed by atoms with Gasteiger partial charge in [0, 0.05) is 11.8 Å². The molecule has 21 heavy (non-hydrogen) atoms. The standard InChI is InChI=1S/C14H16N4O2S/c1-7-12(8(2)19)16-17-18(7)14-11(13(15)20)9-5-3-4-6-10(9)21-14/h3-6H2,1-2H3,(H2,15,20). The number of nitrogens with zero attached hydrogens (tertiary/aromatic N) is 3. The summed E-state index contributed by atoms with van der Waals surface area (Å²) in [5, 5.41) is 8.65. The summed E-state index contributed by atoms with van der Waals surface area (Å²) in [6.45, 7) is 3.23. The van der Waals surface area contributed by atoms with Crippen molar-refractivity contribution < 1.29 is 9.59 Å². The van der Waals surface area contributed by atoms with Crippen molar-refractivity contribution in [3.63, 3.8) is 0 Å². The number of carbonyl (C=O) groups is 2. The molecule has 2 heterocycles. The molecule has 0 spiro atoms. The van der Waals surface area contributed by atoms with Crippen LogP contribution in [0.4, 0.5) is 0 Å². The second kappa shape index (κ2) is 5.07. The first-order valence-electron chi connectivity index (χ1n) is 6.88. The molecule has 0 aromatic carbocycles. The molecule has 0 atom stereocenters. The number of thiophene rings is 1. The maximum absolute atomic E-state index is 11.9. The fourth-order valence-electron chi connectivity index (χ4n) is 2.80. The van der Waals surface area contributed by atoms with E-state index in [0.29, 0.717) is 22.0 Å². The Morgan fingerprint density at radius 3 is 2.62 bits per heavy atom. The van der Waals surface area contributed by atoms with Gasteiger partial charge in [-0.1, -0.05) is 5.21 Å². The molecule has 0 unspecified atom stereocenters. The van der Waals surface area contributed by atoms with Gasteiger partial charge >= 0.3 is 0 Å². The Labute approximate surface area is 126 Å². The van der Waals surface area contributed by atoms with Crippen LogP contribution >= 0.6 is 11.3 Å². The van der Waals surface area contributed by atoms with E-state index in [1.807, 2.05) is 0 Å². The maximum atomic E-state index is 11.9. The Morgan fingerprint density at radius 2 is 2.00 bits per heavy atom. The first kappa shape index (κ1) is 13.9. The molecular formula is C14H16N4O2S. The topological polar surface area (TPSA) is 90.9 Å². The highest BCUT2D eigenvalue weighted by Gasteiger charge is 2.27. The molecule has 0 aliphatic heterocycles. The summed E-state index contributed by atoms with van der Waals surface area (Å²) in [6, 6.07) is 0.